The first kappa shape index (κ1) is 15.9. The zero-order valence-corrected chi connectivity index (χ0v) is 11.4. The Hall–Kier alpha value is -1.14. The van der Waals surface area contributed by atoms with Gasteiger partial charge in [-0.25, -0.2) is 0 Å². The zero-order valence-electron chi connectivity index (χ0n) is 10.6. The van der Waals surface area contributed by atoms with Gasteiger partial charge in [-0.15, -0.1) is 0 Å². The molecule has 0 aliphatic heterocycles. The van der Waals surface area contributed by atoms with E-state index in [1.54, 1.807) is 12.1 Å². The molecular formula is C13H17F2NO2S. The Balaban J connectivity index is 2.61. The number of aliphatic hydroxyl groups is 1. The molecule has 1 atom stereocenters. The molecule has 1 amide bonds. The third kappa shape index (κ3) is 5.57. The highest BCUT2D eigenvalue weighted by Gasteiger charge is 2.14. The molecule has 19 heavy (non-hydrogen) atoms. The van der Waals surface area contributed by atoms with Crippen LogP contribution in [0.1, 0.15) is 30.1 Å². The quantitative estimate of drug-likeness (QED) is 0.759. The van der Waals surface area contributed by atoms with E-state index in [-0.39, 0.29) is 10.5 Å². The van der Waals surface area contributed by atoms with Crippen molar-refractivity contribution in [1.29, 1.82) is 0 Å². The predicted molar refractivity (Wildman–Crippen MR) is 71.6 cm³/mol. The van der Waals surface area contributed by atoms with Gasteiger partial charge in [0.25, 0.3) is 11.7 Å². The summed E-state index contributed by atoms with van der Waals surface area (Å²) in [7, 11) is 0. The number of rotatable bonds is 7. The van der Waals surface area contributed by atoms with Gasteiger partial charge in [-0.2, -0.15) is 8.78 Å². The fourth-order valence-corrected chi connectivity index (χ4v) is 2.14. The summed E-state index contributed by atoms with van der Waals surface area (Å²) in [5, 5.41) is 12.0. The maximum Gasteiger partial charge on any atom is 0.288 e. The molecule has 0 radical (unpaired) electrons. The molecular weight excluding hydrogens is 272 g/mol. The minimum absolute atomic E-state index is 0.235. The fraction of sp³-hybridized carbons (Fsp3) is 0.462. The highest BCUT2D eigenvalue weighted by molar-refractivity contribution is 7.99. The van der Waals surface area contributed by atoms with E-state index in [0.29, 0.717) is 31.1 Å². The van der Waals surface area contributed by atoms with Crippen molar-refractivity contribution in [3.8, 4) is 0 Å². The van der Waals surface area contributed by atoms with E-state index in [0.717, 1.165) is 0 Å². The van der Waals surface area contributed by atoms with Crippen LogP contribution in [0.15, 0.2) is 29.2 Å². The van der Waals surface area contributed by atoms with Crippen molar-refractivity contribution in [2.45, 2.75) is 36.5 Å². The topological polar surface area (TPSA) is 49.3 Å². The molecule has 1 aromatic rings. The summed E-state index contributed by atoms with van der Waals surface area (Å²) in [6.45, 7) is 2.17. The van der Waals surface area contributed by atoms with E-state index < -0.39 is 17.8 Å². The Morgan fingerprint density at radius 3 is 2.74 bits per heavy atom. The molecule has 0 fully saturated rings. The summed E-state index contributed by atoms with van der Waals surface area (Å²) >= 11 is 0.354. The standard InChI is InChI=1S/C13H17F2NO2S/c1-2-9(17)7-8-16-12(18)10-5-3-4-6-11(10)19-13(14)15/h3-6,9,13,17H,2,7-8H2,1H3,(H,16,18). The van der Waals surface area contributed by atoms with E-state index in [2.05, 4.69) is 5.32 Å². The predicted octanol–water partition coefficient (Wildman–Crippen LogP) is 2.89. The number of hydrogen-bond acceptors (Lipinski definition) is 3. The van der Waals surface area contributed by atoms with Crippen LogP contribution in [0.25, 0.3) is 0 Å². The molecule has 0 heterocycles. The van der Waals surface area contributed by atoms with Crippen LogP contribution in [0, 0.1) is 0 Å². The summed E-state index contributed by atoms with van der Waals surface area (Å²) in [5.74, 6) is -2.96. The van der Waals surface area contributed by atoms with Crippen LogP contribution in [0.4, 0.5) is 8.78 Å². The van der Waals surface area contributed by atoms with Crippen molar-refractivity contribution in [3.05, 3.63) is 29.8 Å². The first-order chi connectivity index (χ1) is 9.04. The van der Waals surface area contributed by atoms with Crippen LogP contribution in [-0.4, -0.2) is 29.4 Å². The van der Waals surface area contributed by atoms with Crippen molar-refractivity contribution in [3.63, 3.8) is 0 Å². The average Bonchev–Trinajstić information content (AvgIpc) is 2.38. The molecule has 1 unspecified atom stereocenters. The number of nitrogens with one attached hydrogen (secondary N) is 1. The maximum atomic E-state index is 12.4. The van der Waals surface area contributed by atoms with Crippen LogP contribution in [0.3, 0.4) is 0 Å². The molecule has 3 nitrogen and oxygen atoms in total. The third-order valence-corrected chi connectivity index (χ3v) is 3.37. The number of halogens is 2. The molecule has 1 rings (SSSR count). The zero-order chi connectivity index (χ0) is 14.3. The molecule has 0 aromatic heterocycles. The van der Waals surface area contributed by atoms with Crippen molar-refractivity contribution in [1.82, 2.24) is 5.32 Å². The molecule has 0 bridgehead atoms. The minimum atomic E-state index is -2.56. The summed E-state index contributed by atoms with van der Waals surface area (Å²) in [6, 6.07) is 6.25. The summed E-state index contributed by atoms with van der Waals surface area (Å²) in [5.41, 5.74) is 0.235. The lowest BCUT2D eigenvalue weighted by Crippen LogP contribution is -2.27. The SMILES string of the molecule is CCC(O)CCNC(=O)c1ccccc1SC(F)F. The van der Waals surface area contributed by atoms with Gasteiger partial charge in [0, 0.05) is 11.4 Å². The van der Waals surface area contributed by atoms with Gasteiger partial charge in [-0.3, -0.25) is 4.79 Å². The Labute approximate surface area is 115 Å². The van der Waals surface area contributed by atoms with Crippen LogP contribution in [0.5, 0.6) is 0 Å². The van der Waals surface area contributed by atoms with Crippen LogP contribution < -0.4 is 5.32 Å². The number of carbonyl (C=O) groups is 1. The second-order valence-electron chi connectivity index (χ2n) is 3.98. The Kier molecular flexibility index (Phi) is 6.80. The van der Waals surface area contributed by atoms with Crippen LogP contribution in [-0.2, 0) is 0 Å². The average molecular weight is 289 g/mol. The molecule has 106 valence electrons. The monoisotopic (exact) mass is 289 g/mol. The highest BCUT2D eigenvalue weighted by Crippen LogP contribution is 2.28. The number of alkyl halides is 2. The smallest absolute Gasteiger partial charge is 0.288 e. The number of amides is 1. The third-order valence-electron chi connectivity index (χ3n) is 2.58. The fourth-order valence-electron chi connectivity index (χ4n) is 1.50. The second kappa shape index (κ2) is 8.12. The van der Waals surface area contributed by atoms with E-state index in [4.69, 9.17) is 0 Å². The summed E-state index contributed by atoms with van der Waals surface area (Å²) < 4.78 is 24.7. The number of thioether (sulfide) groups is 1. The number of hydrogen-bond donors (Lipinski definition) is 2. The van der Waals surface area contributed by atoms with E-state index in [9.17, 15) is 18.7 Å². The Bertz CT molecular complexity index is 415. The lowest BCUT2D eigenvalue weighted by Gasteiger charge is -2.11. The number of aliphatic hydroxyl groups excluding tert-OH is 1. The Morgan fingerprint density at radius 2 is 2.11 bits per heavy atom. The minimum Gasteiger partial charge on any atom is -0.393 e. The van der Waals surface area contributed by atoms with Crippen LogP contribution >= 0.6 is 11.8 Å². The van der Waals surface area contributed by atoms with E-state index in [1.807, 2.05) is 6.92 Å². The lowest BCUT2D eigenvalue weighted by atomic mass is 10.2. The normalized spacial score (nSPS) is 12.5. The van der Waals surface area contributed by atoms with Gasteiger partial charge in [0.1, 0.15) is 0 Å². The number of carbonyl (C=O) groups excluding carboxylic acids is 1. The van der Waals surface area contributed by atoms with Gasteiger partial charge in [0.2, 0.25) is 0 Å². The molecule has 2 N–H and O–H groups in total. The number of benzene rings is 1. The van der Waals surface area contributed by atoms with E-state index in [1.165, 1.54) is 12.1 Å². The Morgan fingerprint density at radius 1 is 1.42 bits per heavy atom. The van der Waals surface area contributed by atoms with Gasteiger partial charge in [-0.05, 0) is 25.0 Å². The van der Waals surface area contributed by atoms with Crippen molar-refractivity contribution in [2.75, 3.05) is 6.54 Å². The van der Waals surface area contributed by atoms with Crippen LogP contribution in [0.2, 0.25) is 0 Å². The molecule has 0 aliphatic rings. The van der Waals surface area contributed by atoms with E-state index >= 15 is 0 Å². The maximum absolute atomic E-state index is 12.4. The second-order valence-corrected chi connectivity index (χ2v) is 5.01. The molecule has 6 heteroatoms. The molecule has 1 aromatic carbocycles. The van der Waals surface area contributed by atoms with Crippen molar-refractivity contribution < 1.29 is 18.7 Å². The van der Waals surface area contributed by atoms with Crippen molar-refractivity contribution >= 4 is 17.7 Å². The first-order valence-electron chi connectivity index (χ1n) is 6.04. The molecule has 0 aliphatic carbocycles. The van der Waals surface area contributed by atoms with Gasteiger partial charge in [0.05, 0.1) is 11.7 Å². The largest absolute Gasteiger partial charge is 0.393 e. The lowest BCUT2D eigenvalue weighted by molar-refractivity contribution is 0.0939. The molecule has 0 saturated carbocycles. The van der Waals surface area contributed by atoms with Gasteiger partial charge in [0.15, 0.2) is 0 Å². The van der Waals surface area contributed by atoms with Crippen molar-refractivity contribution in [2.24, 2.45) is 0 Å². The summed E-state index contributed by atoms with van der Waals surface area (Å²) in [4.78, 5) is 12.1. The van der Waals surface area contributed by atoms with Gasteiger partial charge < -0.3 is 10.4 Å². The highest BCUT2D eigenvalue weighted by atomic mass is 32.2. The summed E-state index contributed by atoms with van der Waals surface area (Å²) in [6.07, 6.45) is 0.617. The molecule has 0 spiro atoms. The van der Waals surface area contributed by atoms with Gasteiger partial charge >= 0.3 is 0 Å². The first-order valence-corrected chi connectivity index (χ1v) is 6.92. The van der Waals surface area contributed by atoms with Gasteiger partial charge in [-0.1, -0.05) is 30.8 Å². The molecule has 0 saturated heterocycles.